The van der Waals surface area contributed by atoms with Crippen molar-refractivity contribution in [3.8, 4) is 0 Å². The molecule has 2 amide bonds. The molecule has 1 fully saturated rings. The third kappa shape index (κ3) is 5.19. The highest BCUT2D eigenvalue weighted by atomic mass is 32.1. The van der Waals surface area contributed by atoms with Crippen molar-refractivity contribution in [3.63, 3.8) is 0 Å². The average molecular weight is 488 g/mol. The second-order valence-electron chi connectivity index (χ2n) is 9.49. The van der Waals surface area contributed by atoms with Crippen LogP contribution in [-0.2, 0) is 11.2 Å². The van der Waals surface area contributed by atoms with Crippen molar-refractivity contribution in [3.05, 3.63) is 93.2 Å². The van der Waals surface area contributed by atoms with E-state index in [1.54, 1.807) is 0 Å². The Bertz CT molecular complexity index is 1180. The molecule has 2 aliphatic heterocycles. The lowest BCUT2D eigenvalue weighted by atomic mass is 9.93. The summed E-state index contributed by atoms with van der Waals surface area (Å²) in [4.78, 5) is 34.1. The molecule has 35 heavy (non-hydrogen) atoms. The molecule has 2 aliphatic rings. The van der Waals surface area contributed by atoms with E-state index < -0.39 is 0 Å². The van der Waals surface area contributed by atoms with Gasteiger partial charge in [-0.2, -0.15) is 0 Å². The summed E-state index contributed by atoms with van der Waals surface area (Å²) < 4.78 is 0. The van der Waals surface area contributed by atoms with Gasteiger partial charge in [-0.05, 0) is 54.0 Å². The van der Waals surface area contributed by atoms with Crippen LogP contribution in [0.15, 0.2) is 66.0 Å². The molecule has 0 unspecified atom stereocenters. The number of nitrogens with zero attached hydrogens (tertiary/aromatic N) is 3. The van der Waals surface area contributed by atoms with E-state index in [9.17, 15) is 9.59 Å². The first-order chi connectivity index (χ1) is 17.1. The molecule has 0 spiro atoms. The van der Waals surface area contributed by atoms with E-state index in [0.717, 1.165) is 37.1 Å². The number of thiophene rings is 1. The Kier molecular flexibility index (Phi) is 7.30. The third-order valence-corrected chi connectivity index (χ3v) is 8.30. The van der Waals surface area contributed by atoms with Gasteiger partial charge in [-0.1, -0.05) is 48.5 Å². The van der Waals surface area contributed by atoms with E-state index in [4.69, 9.17) is 0 Å². The normalized spacial score (nSPS) is 18.7. The summed E-state index contributed by atoms with van der Waals surface area (Å²) in [5, 5.41) is 2.19. The Hall–Kier alpha value is -2.96. The molecule has 1 aromatic heterocycles. The summed E-state index contributed by atoms with van der Waals surface area (Å²) in [6.45, 7) is 6.30. The molecule has 182 valence electrons. The number of fused-ring (bicyclic) bond motifs is 1. The smallest absolute Gasteiger partial charge is 0.254 e. The molecule has 3 aromatic rings. The summed E-state index contributed by atoms with van der Waals surface area (Å²) in [6, 6.07) is 20.8. The Morgan fingerprint density at radius 2 is 1.63 bits per heavy atom. The molecular formula is C29H33N3O2S. The van der Waals surface area contributed by atoms with Gasteiger partial charge < -0.3 is 9.80 Å². The van der Waals surface area contributed by atoms with Gasteiger partial charge in [0, 0.05) is 56.1 Å². The van der Waals surface area contributed by atoms with Gasteiger partial charge in [0.25, 0.3) is 5.91 Å². The molecule has 6 heteroatoms. The van der Waals surface area contributed by atoms with Crippen LogP contribution in [0.5, 0.6) is 0 Å². The van der Waals surface area contributed by atoms with E-state index in [1.807, 2.05) is 52.3 Å². The SMILES string of the molecule is Cc1ccccc1C(=O)N1CCCN(C(=O)CCN2CCc3sccc3[C@H]2c2ccccc2)CC1. The van der Waals surface area contributed by atoms with Gasteiger partial charge in [-0.25, -0.2) is 0 Å². The van der Waals surface area contributed by atoms with Crippen molar-refractivity contribution in [1.29, 1.82) is 0 Å². The first kappa shape index (κ1) is 23.8. The molecular weight excluding hydrogens is 454 g/mol. The van der Waals surface area contributed by atoms with Crippen LogP contribution in [0.25, 0.3) is 0 Å². The summed E-state index contributed by atoms with van der Waals surface area (Å²) in [5.74, 6) is 0.265. The number of carbonyl (C=O) groups is 2. The van der Waals surface area contributed by atoms with Crippen LogP contribution >= 0.6 is 11.3 Å². The molecule has 0 aliphatic carbocycles. The fourth-order valence-corrected chi connectivity index (χ4v) is 6.29. The van der Waals surface area contributed by atoms with Crippen molar-refractivity contribution in [2.24, 2.45) is 0 Å². The van der Waals surface area contributed by atoms with Crippen LogP contribution in [0.1, 0.15) is 50.8 Å². The highest BCUT2D eigenvalue weighted by molar-refractivity contribution is 7.10. The van der Waals surface area contributed by atoms with Gasteiger partial charge in [0.15, 0.2) is 0 Å². The second kappa shape index (κ2) is 10.8. The highest BCUT2D eigenvalue weighted by Crippen LogP contribution is 2.37. The number of benzene rings is 2. The standard InChI is InChI=1S/C29H33N3O2S/c1-22-8-5-6-11-24(22)29(34)32-16-7-15-30(19-20-32)27(33)13-18-31-17-12-26-25(14-21-35-26)28(31)23-9-3-2-4-10-23/h2-6,8-11,14,21,28H,7,12-13,15-20H2,1H3/t28-/m1/s1. The Labute approximate surface area is 212 Å². The minimum Gasteiger partial charge on any atom is -0.341 e. The number of carbonyl (C=O) groups excluding carboxylic acids is 2. The van der Waals surface area contributed by atoms with Crippen molar-refractivity contribution < 1.29 is 9.59 Å². The fourth-order valence-electron chi connectivity index (χ4n) is 5.39. The van der Waals surface area contributed by atoms with Crippen LogP contribution in [0, 0.1) is 6.92 Å². The summed E-state index contributed by atoms with van der Waals surface area (Å²) in [7, 11) is 0. The van der Waals surface area contributed by atoms with E-state index in [-0.39, 0.29) is 17.9 Å². The summed E-state index contributed by atoms with van der Waals surface area (Å²) in [6.07, 6.45) is 2.37. The van der Waals surface area contributed by atoms with Gasteiger partial charge in [0.2, 0.25) is 5.91 Å². The predicted molar refractivity (Wildman–Crippen MR) is 141 cm³/mol. The Balaban J connectivity index is 1.21. The largest absolute Gasteiger partial charge is 0.341 e. The number of amides is 2. The Morgan fingerprint density at radius 1 is 0.886 bits per heavy atom. The van der Waals surface area contributed by atoms with Crippen LogP contribution < -0.4 is 0 Å². The van der Waals surface area contributed by atoms with Crippen LogP contribution in [0.4, 0.5) is 0 Å². The zero-order valence-corrected chi connectivity index (χ0v) is 21.2. The van der Waals surface area contributed by atoms with E-state index in [0.29, 0.717) is 32.6 Å². The van der Waals surface area contributed by atoms with Crippen LogP contribution in [0.2, 0.25) is 0 Å². The third-order valence-electron chi connectivity index (χ3n) is 7.31. The molecule has 0 radical (unpaired) electrons. The maximum Gasteiger partial charge on any atom is 0.254 e. The highest BCUT2D eigenvalue weighted by Gasteiger charge is 2.30. The maximum atomic E-state index is 13.2. The topological polar surface area (TPSA) is 43.9 Å². The molecule has 2 aromatic carbocycles. The van der Waals surface area contributed by atoms with Gasteiger partial charge >= 0.3 is 0 Å². The van der Waals surface area contributed by atoms with Crippen molar-refractivity contribution in [1.82, 2.24) is 14.7 Å². The van der Waals surface area contributed by atoms with Crippen molar-refractivity contribution in [2.75, 3.05) is 39.3 Å². The summed E-state index contributed by atoms with van der Waals surface area (Å²) in [5.41, 5.74) is 4.44. The van der Waals surface area contributed by atoms with Gasteiger partial charge in [-0.15, -0.1) is 11.3 Å². The number of hydrogen-bond donors (Lipinski definition) is 0. The number of hydrogen-bond acceptors (Lipinski definition) is 4. The molecule has 5 rings (SSSR count). The quantitative estimate of drug-likeness (QED) is 0.521. The molecule has 0 N–H and O–H groups in total. The van der Waals surface area contributed by atoms with E-state index in [2.05, 4.69) is 46.7 Å². The molecule has 3 heterocycles. The van der Waals surface area contributed by atoms with Crippen molar-refractivity contribution >= 4 is 23.2 Å². The van der Waals surface area contributed by atoms with E-state index in [1.165, 1.54) is 16.0 Å². The first-order valence-corrected chi connectivity index (χ1v) is 13.5. The van der Waals surface area contributed by atoms with Crippen LogP contribution in [-0.4, -0.2) is 65.8 Å². The van der Waals surface area contributed by atoms with Crippen LogP contribution in [0.3, 0.4) is 0 Å². The molecule has 1 atom stereocenters. The van der Waals surface area contributed by atoms with Gasteiger partial charge in [0.05, 0.1) is 6.04 Å². The fraction of sp³-hybridized carbons (Fsp3) is 0.379. The lowest BCUT2D eigenvalue weighted by Gasteiger charge is -2.36. The van der Waals surface area contributed by atoms with E-state index >= 15 is 0 Å². The maximum absolute atomic E-state index is 13.2. The molecule has 1 saturated heterocycles. The van der Waals surface area contributed by atoms with Gasteiger partial charge in [-0.3, -0.25) is 14.5 Å². The molecule has 5 nitrogen and oxygen atoms in total. The summed E-state index contributed by atoms with van der Waals surface area (Å²) >= 11 is 1.84. The Morgan fingerprint density at radius 3 is 2.46 bits per heavy atom. The van der Waals surface area contributed by atoms with Gasteiger partial charge in [0.1, 0.15) is 0 Å². The minimum atomic E-state index is 0.0722. The average Bonchev–Trinajstić information content (AvgIpc) is 3.23. The lowest BCUT2D eigenvalue weighted by molar-refractivity contribution is -0.131. The number of rotatable bonds is 5. The molecule has 0 saturated carbocycles. The first-order valence-electron chi connectivity index (χ1n) is 12.6. The molecule has 0 bridgehead atoms. The van der Waals surface area contributed by atoms with Crippen molar-refractivity contribution in [2.45, 2.75) is 32.2 Å². The minimum absolute atomic E-state index is 0.0722. The number of aryl methyl sites for hydroxylation is 1. The predicted octanol–water partition coefficient (Wildman–Crippen LogP) is 4.77. The zero-order chi connectivity index (χ0) is 24.2. The lowest BCUT2D eigenvalue weighted by Crippen LogP contribution is -2.40. The zero-order valence-electron chi connectivity index (χ0n) is 20.4. The second-order valence-corrected chi connectivity index (χ2v) is 10.5. The monoisotopic (exact) mass is 487 g/mol.